The Morgan fingerprint density at radius 1 is 1.24 bits per heavy atom. The molecule has 0 radical (unpaired) electrons. The topological polar surface area (TPSA) is 137 Å². The highest BCUT2D eigenvalue weighted by atomic mass is 35.5. The summed E-state index contributed by atoms with van der Waals surface area (Å²) < 4.78 is 1.59. The van der Waals surface area contributed by atoms with Crippen LogP contribution in [0, 0.1) is 17.2 Å². The molecule has 2 aliphatic rings. The molecule has 1 saturated heterocycles. The van der Waals surface area contributed by atoms with Crippen molar-refractivity contribution in [1.82, 2.24) is 14.7 Å². The maximum Gasteiger partial charge on any atom is 0.254 e. The van der Waals surface area contributed by atoms with Gasteiger partial charge in [-0.15, -0.1) is 0 Å². The molecule has 2 fully saturated rings. The number of hydrogen-bond acceptors (Lipinski definition) is 6. The standard InChI is InChI=1S/C23H29ClN6O3/c1-23(2,33)14-10-29(11-14)22(32)13-3-8-19(18(25)9-13)30-12-17(20(26)31)21(28-30)27-16-6-4-15(24)5-7-16/h4-7,12-14,19,25,33H,3,8-11H2,1-2H3,(H2,26,31)(H,27,28)/t13-,19-/m0/s1. The first-order valence-corrected chi connectivity index (χ1v) is 11.4. The van der Waals surface area contributed by atoms with Crippen molar-refractivity contribution in [3.63, 3.8) is 0 Å². The van der Waals surface area contributed by atoms with E-state index < -0.39 is 11.5 Å². The molecule has 176 valence electrons. The molecule has 0 spiro atoms. The predicted molar refractivity (Wildman–Crippen MR) is 126 cm³/mol. The fourth-order valence-corrected chi connectivity index (χ4v) is 4.52. The van der Waals surface area contributed by atoms with E-state index in [0.717, 1.165) is 0 Å². The minimum atomic E-state index is -0.795. The number of aromatic nitrogens is 2. The van der Waals surface area contributed by atoms with Gasteiger partial charge >= 0.3 is 0 Å². The van der Waals surface area contributed by atoms with Crippen molar-refractivity contribution in [1.29, 1.82) is 5.41 Å². The number of amides is 2. The SMILES string of the molecule is CC(C)(O)C1CN(C(=O)[C@H]2CC[C@H](n3cc(C(N)=O)c(Nc4ccc(Cl)cc4)n3)C(=N)C2)C1. The molecule has 2 heterocycles. The molecule has 1 aromatic heterocycles. The first kappa shape index (κ1) is 23.3. The number of nitrogens with zero attached hydrogens (tertiary/aromatic N) is 3. The van der Waals surface area contributed by atoms with E-state index in [2.05, 4.69) is 10.4 Å². The summed E-state index contributed by atoms with van der Waals surface area (Å²) >= 11 is 5.93. The average molecular weight is 473 g/mol. The lowest BCUT2D eigenvalue weighted by Gasteiger charge is -2.46. The largest absolute Gasteiger partial charge is 0.390 e. The van der Waals surface area contributed by atoms with Gasteiger partial charge in [0.25, 0.3) is 5.91 Å². The molecular formula is C23H29ClN6O3. The van der Waals surface area contributed by atoms with Crippen LogP contribution in [-0.2, 0) is 4.79 Å². The van der Waals surface area contributed by atoms with Gasteiger partial charge in [-0.1, -0.05) is 11.6 Å². The molecule has 0 bridgehead atoms. The first-order valence-electron chi connectivity index (χ1n) is 11.0. The van der Waals surface area contributed by atoms with Crippen LogP contribution in [0.2, 0.25) is 5.02 Å². The van der Waals surface area contributed by atoms with Gasteiger partial charge in [0, 0.05) is 47.5 Å². The second kappa shape index (κ2) is 8.79. The van der Waals surface area contributed by atoms with E-state index in [1.165, 1.54) is 0 Å². The molecule has 9 nitrogen and oxygen atoms in total. The van der Waals surface area contributed by atoms with E-state index in [0.29, 0.717) is 54.6 Å². The third-order valence-corrected chi connectivity index (χ3v) is 6.87. The number of benzene rings is 1. The van der Waals surface area contributed by atoms with Gasteiger partial charge in [-0.05, 0) is 57.4 Å². The van der Waals surface area contributed by atoms with E-state index in [-0.39, 0.29) is 29.3 Å². The molecule has 1 saturated carbocycles. The molecule has 2 atom stereocenters. The summed E-state index contributed by atoms with van der Waals surface area (Å²) in [7, 11) is 0. The molecule has 33 heavy (non-hydrogen) atoms. The predicted octanol–water partition coefficient (Wildman–Crippen LogP) is 2.97. The van der Waals surface area contributed by atoms with Crippen molar-refractivity contribution < 1.29 is 14.7 Å². The van der Waals surface area contributed by atoms with E-state index in [9.17, 15) is 14.7 Å². The second-order valence-electron chi connectivity index (χ2n) is 9.48. The zero-order valence-corrected chi connectivity index (χ0v) is 19.5. The van der Waals surface area contributed by atoms with E-state index >= 15 is 0 Å². The number of hydrogen-bond donors (Lipinski definition) is 4. The summed E-state index contributed by atoms with van der Waals surface area (Å²) in [6, 6.07) is 6.64. The highest BCUT2D eigenvalue weighted by Crippen LogP contribution is 2.35. The minimum absolute atomic E-state index is 0.0436. The first-order chi connectivity index (χ1) is 15.5. The van der Waals surface area contributed by atoms with E-state index in [1.54, 1.807) is 53.9 Å². The van der Waals surface area contributed by atoms with Gasteiger partial charge < -0.3 is 26.5 Å². The van der Waals surface area contributed by atoms with Crippen molar-refractivity contribution in [2.24, 2.45) is 17.6 Å². The lowest BCUT2D eigenvalue weighted by molar-refractivity contribution is -0.149. The number of carbonyl (C=O) groups excluding carboxylic acids is 2. The van der Waals surface area contributed by atoms with Crippen LogP contribution in [0.15, 0.2) is 30.5 Å². The second-order valence-corrected chi connectivity index (χ2v) is 9.92. The number of anilines is 2. The summed E-state index contributed by atoms with van der Waals surface area (Å²) in [6.45, 7) is 4.63. The van der Waals surface area contributed by atoms with Crippen molar-refractivity contribution >= 4 is 40.6 Å². The Labute approximate surface area is 197 Å². The van der Waals surface area contributed by atoms with Crippen LogP contribution in [0.1, 0.15) is 49.5 Å². The third-order valence-electron chi connectivity index (χ3n) is 6.62. The monoisotopic (exact) mass is 472 g/mol. The summed E-state index contributed by atoms with van der Waals surface area (Å²) in [6.07, 6.45) is 3.10. The van der Waals surface area contributed by atoms with E-state index in [1.807, 2.05) is 0 Å². The van der Waals surface area contributed by atoms with Gasteiger partial charge in [0.15, 0.2) is 5.82 Å². The molecular weight excluding hydrogens is 444 g/mol. The van der Waals surface area contributed by atoms with Crippen LogP contribution in [0.25, 0.3) is 0 Å². The molecule has 4 rings (SSSR count). The fourth-order valence-electron chi connectivity index (χ4n) is 4.40. The Morgan fingerprint density at radius 3 is 2.48 bits per heavy atom. The molecule has 1 aromatic carbocycles. The number of nitrogens with two attached hydrogens (primary N) is 1. The Balaban J connectivity index is 1.43. The van der Waals surface area contributed by atoms with Crippen LogP contribution in [0.5, 0.6) is 0 Å². The van der Waals surface area contributed by atoms with Crippen molar-refractivity contribution in [2.45, 2.75) is 44.8 Å². The number of carbonyl (C=O) groups is 2. The molecule has 1 aliphatic carbocycles. The summed E-state index contributed by atoms with van der Waals surface area (Å²) in [5, 5.41) is 26.8. The van der Waals surface area contributed by atoms with Gasteiger partial charge in [-0.2, -0.15) is 5.10 Å². The van der Waals surface area contributed by atoms with Crippen LogP contribution in [0.3, 0.4) is 0 Å². The number of primary amides is 1. The fraction of sp³-hybridized carbons (Fsp3) is 0.478. The third kappa shape index (κ3) is 4.89. The van der Waals surface area contributed by atoms with Gasteiger partial charge in [0.05, 0.1) is 11.6 Å². The smallest absolute Gasteiger partial charge is 0.254 e. The number of rotatable bonds is 6. The van der Waals surface area contributed by atoms with Crippen molar-refractivity contribution in [3.8, 4) is 0 Å². The Kier molecular flexibility index (Phi) is 6.20. The summed E-state index contributed by atoms with van der Waals surface area (Å²) in [4.78, 5) is 26.6. The highest BCUT2D eigenvalue weighted by Gasteiger charge is 2.43. The zero-order valence-electron chi connectivity index (χ0n) is 18.7. The van der Waals surface area contributed by atoms with Crippen LogP contribution in [0.4, 0.5) is 11.5 Å². The normalized spacial score (nSPS) is 21.6. The van der Waals surface area contributed by atoms with Gasteiger partial charge in [0.1, 0.15) is 5.56 Å². The number of likely N-dealkylation sites (tertiary alicyclic amines) is 1. The summed E-state index contributed by atoms with van der Waals surface area (Å²) in [5.41, 5.74) is 6.09. The van der Waals surface area contributed by atoms with Crippen LogP contribution < -0.4 is 11.1 Å². The number of halogens is 1. The van der Waals surface area contributed by atoms with Gasteiger partial charge in [-0.25, -0.2) is 0 Å². The molecule has 1 aliphatic heterocycles. The quantitative estimate of drug-likeness (QED) is 0.512. The van der Waals surface area contributed by atoms with Crippen LogP contribution in [-0.4, -0.2) is 56.0 Å². The van der Waals surface area contributed by atoms with Crippen LogP contribution >= 0.6 is 11.6 Å². The molecule has 10 heteroatoms. The number of nitrogens with one attached hydrogen (secondary N) is 2. The average Bonchev–Trinajstić information content (AvgIpc) is 3.11. The Bertz CT molecular complexity index is 1070. The molecule has 2 amide bonds. The van der Waals surface area contributed by atoms with E-state index in [4.69, 9.17) is 22.7 Å². The summed E-state index contributed by atoms with van der Waals surface area (Å²) in [5.74, 6) is -0.419. The highest BCUT2D eigenvalue weighted by molar-refractivity contribution is 6.30. The maximum atomic E-state index is 12.9. The minimum Gasteiger partial charge on any atom is -0.390 e. The molecule has 5 N–H and O–H groups in total. The van der Waals surface area contributed by atoms with Gasteiger partial charge in [-0.3, -0.25) is 14.3 Å². The van der Waals surface area contributed by atoms with Crippen molar-refractivity contribution in [2.75, 3.05) is 18.4 Å². The van der Waals surface area contributed by atoms with Crippen molar-refractivity contribution in [3.05, 3.63) is 41.0 Å². The Morgan fingerprint density at radius 2 is 1.91 bits per heavy atom. The Hall–Kier alpha value is -2.91. The zero-order chi connectivity index (χ0) is 23.9. The lowest BCUT2D eigenvalue weighted by Crippen LogP contribution is -2.59. The van der Waals surface area contributed by atoms with Gasteiger partial charge in [0.2, 0.25) is 5.91 Å². The number of aliphatic hydroxyl groups is 1. The maximum absolute atomic E-state index is 12.9. The molecule has 0 unspecified atom stereocenters. The molecule has 2 aromatic rings. The lowest BCUT2D eigenvalue weighted by atomic mass is 9.80.